The molecule has 5 nitrogen and oxygen atoms in total. The average Bonchev–Trinajstić information content (AvgIpc) is 2.83. The number of ether oxygens (including phenoxy) is 4. The van der Waals surface area contributed by atoms with Crippen LogP contribution in [0.2, 0.25) is 0 Å². The molecule has 0 unspecified atom stereocenters. The highest BCUT2D eigenvalue weighted by molar-refractivity contribution is 5.85. The van der Waals surface area contributed by atoms with Crippen LogP contribution in [-0.4, -0.2) is 28.4 Å². The maximum atomic E-state index is 5.62. The fraction of sp³-hybridized carbons (Fsp3) is 0.222. The molecule has 0 radical (unpaired) electrons. The largest absolute Gasteiger partial charge is 0.493 e. The van der Waals surface area contributed by atoms with Crippen LogP contribution in [0.15, 0.2) is 66.9 Å². The van der Waals surface area contributed by atoms with Crippen LogP contribution in [-0.2, 0) is 13.5 Å². The monoisotopic (exact) mass is 430 g/mol. The molecule has 0 saturated heterocycles. The van der Waals surface area contributed by atoms with E-state index in [9.17, 15) is 0 Å². The van der Waals surface area contributed by atoms with Gasteiger partial charge in [0.15, 0.2) is 29.2 Å². The molecular weight excluding hydrogens is 402 g/mol. The summed E-state index contributed by atoms with van der Waals surface area (Å²) in [6.45, 7) is 0. The van der Waals surface area contributed by atoms with Gasteiger partial charge in [-0.3, -0.25) is 0 Å². The molecule has 0 spiro atoms. The second-order valence-corrected chi connectivity index (χ2v) is 7.63. The number of aromatic nitrogens is 1. The van der Waals surface area contributed by atoms with Gasteiger partial charge in [0.05, 0.1) is 39.9 Å². The number of nitrogens with zero attached hydrogens (tertiary/aromatic N) is 1. The van der Waals surface area contributed by atoms with E-state index < -0.39 is 0 Å². The van der Waals surface area contributed by atoms with E-state index in [2.05, 4.69) is 53.2 Å². The number of hydrogen-bond acceptors (Lipinski definition) is 4. The third-order valence-electron chi connectivity index (χ3n) is 5.71. The molecular formula is C27H28NO4+. The summed E-state index contributed by atoms with van der Waals surface area (Å²) in [6.07, 6.45) is 2.91. The van der Waals surface area contributed by atoms with Gasteiger partial charge in [0.2, 0.25) is 5.52 Å². The molecule has 164 valence electrons. The van der Waals surface area contributed by atoms with Crippen molar-refractivity contribution in [3.63, 3.8) is 0 Å². The van der Waals surface area contributed by atoms with E-state index in [1.165, 1.54) is 5.56 Å². The van der Waals surface area contributed by atoms with Gasteiger partial charge in [-0.15, -0.1) is 0 Å². The lowest BCUT2D eigenvalue weighted by Crippen LogP contribution is -2.28. The van der Waals surface area contributed by atoms with E-state index >= 15 is 0 Å². The molecule has 1 aromatic heterocycles. The Morgan fingerprint density at radius 2 is 1.28 bits per heavy atom. The Labute approximate surface area is 188 Å². The molecule has 0 amide bonds. The summed E-state index contributed by atoms with van der Waals surface area (Å²) in [4.78, 5) is 0. The van der Waals surface area contributed by atoms with Crippen molar-refractivity contribution in [1.29, 1.82) is 0 Å². The number of aryl methyl sites for hydroxylation is 1. The van der Waals surface area contributed by atoms with E-state index in [4.69, 9.17) is 18.9 Å². The lowest BCUT2D eigenvalue weighted by molar-refractivity contribution is -0.644. The molecule has 0 aliphatic carbocycles. The van der Waals surface area contributed by atoms with Crippen molar-refractivity contribution in [1.82, 2.24) is 0 Å². The summed E-state index contributed by atoms with van der Waals surface area (Å²) < 4.78 is 24.3. The van der Waals surface area contributed by atoms with Gasteiger partial charge in [-0.25, -0.2) is 4.57 Å². The van der Waals surface area contributed by atoms with Gasteiger partial charge in [-0.1, -0.05) is 30.3 Å². The number of fused-ring (bicyclic) bond motifs is 1. The van der Waals surface area contributed by atoms with Crippen LogP contribution in [0.25, 0.3) is 22.0 Å². The third-order valence-corrected chi connectivity index (χ3v) is 5.71. The molecule has 0 bridgehead atoms. The molecule has 0 N–H and O–H groups in total. The van der Waals surface area contributed by atoms with Gasteiger partial charge in [-0.05, 0) is 47.4 Å². The Kier molecular flexibility index (Phi) is 6.17. The van der Waals surface area contributed by atoms with Crippen molar-refractivity contribution >= 4 is 10.9 Å². The van der Waals surface area contributed by atoms with Gasteiger partial charge in [0.1, 0.15) is 7.05 Å². The maximum Gasteiger partial charge on any atom is 0.216 e. The molecule has 0 fully saturated rings. The standard InChI is InChI=1S/C27H28NO4/c1-28-17-21(12-20-14-25(30-3)27(32-5)16-23(20)28)22-15-26(31-4)24(29-2)13-19(22)11-18-9-7-6-8-10-18/h6-10,12-17H,11H2,1-5H3/q+1. The summed E-state index contributed by atoms with van der Waals surface area (Å²) in [5.41, 5.74) is 5.63. The lowest BCUT2D eigenvalue weighted by Gasteiger charge is -2.16. The van der Waals surface area contributed by atoms with Crippen molar-refractivity contribution in [2.24, 2.45) is 7.05 Å². The first-order valence-corrected chi connectivity index (χ1v) is 10.4. The first kappa shape index (κ1) is 21.5. The Bertz CT molecular complexity index is 1250. The van der Waals surface area contributed by atoms with Crippen molar-refractivity contribution in [2.45, 2.75) is 6.42 Å². The van der Waals surface area contributed by atoms with Gasteiger partial charge >= 0.3 is 0 Å². The molecule has 3 aromatic carbocycles. The molecule has 0 aliphatic heterocycles. The molecule has 4 rings (SSSR count). The van der Waals surface area contributed by atoms with Gasteiger partial charge in [-0.2, -0.15) is 0 Å². The Hall–Kier alpha value is -3.73. The molecule has 1 heterocycles. The van der Waals surface area contributed by atoms with Crippen LogP contribution >= 0.6 is 0 Å². The van der Waals surface area contributed by atoms with Crippen LogP contribution in [0.3, 0.4) is 0 Å². The van der Waals surface area contributed by atoms with E-state index in [-0.39, 0.29) is 0 Å². The second-order valence-electron chi connectivity index (χ2n) is 7.63. The summed E-state index contributed by atoms with van der Waals surface area (Å²) >= 11 is 0. The van der Waals surface area contributed by atoms with Gasteiger partial charge < -0.3 is 18.9 Å². The molecule has 0 aliphatic rings. The van der Waals surface area contributed by atoms with Crippen LogP contribution in [0.5, 0.6) is 23.0 Å². The summed E-state index contributed by atoms with van der Waals surface area (Å²) in [5, 5.41) is 1.06. The maximum absolute atomic E-state index is 5.62. The SMILES string of the molecule is COc1cc(Cc2ccccc2)c(-c2cc3cc(OC)c(OC)cc3[n+](C)c2)cc1OC. The van der Waals surface area contributed by atoms with Crippen LogP contribution in [0.4, 0.5) is 0 Å². The predicted octanol–water partition coefficient (Wildman–Crippen LogP) is 4.96. The van der Waals surface area contributed by atoms with E-state index in [1.54, 1.807) is 28.4 Å². The number of rotatable bonds is 7. The van der Waals surface area contributed by atoms with E-state index in [1.807, 2.05) is 25.2 Å². The van der Waals surface area contributed by atoms with Crippen molar-refractivity contribution < 1.29 is 23.5 Å². The van der Waals surface area contributed by atoms with E-state index in [0.717, 1.165) is 39.8 Å². The fourth-order valence-corrected chi connectivity index (χ4v) is 4.09. The minimum absolute atomic E-state index is 0.703. The predicted molar refractivity (Wildman–Crippen MR) is 126 cm³/mol. The summed E-state index contributed by atoms with van der Waals surface area (Å²) in [5.74, 6) is 2.83. The van der Waals surface area contributed by atoms with Crippen molar-refractivity contribution in [3.05, 3.63) is 78.0 Å². The Morgan fingerprint density at radius 3 is 1.94 bits per heavy atom. The highest BCUT2D eigenvalue weighted by atomic mass is 16.5. The smallest absolute Gasteiger partial charge is 0.216 e. The minimum Gasteiger partial charge on any atom is -0.493 e. The first-order valence-electron chi connectivity index (χ1n) is 10.4. The van der Waals surface area contributed by atoms with Crippen molar-refractivity contribution in [2.75, 3.05) is 28.4 Å². The van der Waals surface area contributed by atoms with Crippen molar-refractivity contribution in [3.8, 4) is 34.1 Å². The average molecular weight is 431 g/mol. The number of hydrogen-bond donors (Lipinski definition) is 0. The highest BCUT2D eigenvalue weighted by Crippen LogP contribution is 2.38. The first-order chi connectivity index (χ1) is 15.6. The zero-order chi connectivity index (χ0) is 22.7. The zero-order valence-corrected chi connectivity index (χ0v) is 19.1. The normalized spacial score (nSPS) is 10.8. The number of methoxy groups -OCH3 is 4. The minimum atomic E-state index is 0.703. The summed E-state index contributed by atoms with van der Waals surface area (Å²) in [6, 6.07) is 20.7. The highest BCUT2D eigenvalue weighted by Gasteiger charge is 2.19. The molecule has 0 saturated carbocycles. The van der Waals surface area contributed by atoms with E-state index in [0.29, 0.717) is 17.2 Å². The van der Waals surface area contributed by atoms with Crippen LogP contribution in [0, 0.1) is 0 Å². The number of pyridine rings is 1. The Morgan fingerprint density at radius 1 is 0.688 bits per heavy atom. The quantitative estimate of drug-likeness (QED) is 0.389. The summed E-state index contributed by atoms with van der Waals surface area (Å²) in [7, 11) is 8.67. The third kappa shape index (κ3) is 4.06. The van der Waals surface area contributed by atoms with Gasteiger partial charge in [0, 0.05) is 5.56 Å². The zero-order valence-electron chi connectivity index (χ0n) is 19.1. The molecule has 5 heteroatoms. The van der Waals surface area contributed by atoms with Crippen LogP contribution in [0.1, 0.15) is 11.1 Å². The molecule has 32 heavy (non-hydrogen) atoms. The second kappa shape index (κ2) is 9.18. The van der Waals surface area contributed by atoms with Gasteiger partial charge in [0.25, 0.3) is 0 Å². The topological polar surface area (TPSA) is 40.8 Å². The van der Waals surface area contributed by atoms with Crippen LogP contribution < -0.4 is 23.5 Å². The Balaban J connectivity index is 1.92. The fourth-order valence-electron chi connectivity index (χ4n) is 4.09. The molecule has 0 atom stereocenters. The number of benzene rings is 3. The lowest BCUT2D eigenvalue weighted by atomic mass is 9.94. The molecule has 4 aromatic rings.